The normalized spacial score (nSPS) is 16.0. The monoisotopic (exact) mass is 880 g/mol. The zero-order valence-corrected chi connectivity index (χ0v) is 36.6. The van der Waals surface area contributed by atoms with Gasteiger partial charge in [0.15, 0.2) is 13.1 Å². The van der Waals surface area contributed by atoms with Gasteiger partial charge < -0.3 is 20.3 Å². The third-order valence-electron chi connectivity index (χ3n) is 11.2. The number of hydrogen-bond donors (Lipinski definition) is 4. The van der Waals surface area contributed by atoms with E-state index < -0.39 is 62.1 Å². The second-order valence-corrected chi connectivity index (χ2v) is 19.5. The number of aromatic amines is 1. The van der Waals surface area contributed by atoms with Gasteiger partial charge in [-0.1, -0.05) is 81.7 Å². The number of aromatic nitrogens is 3. The molecule has 3 aromatic heterocycles. The number of benzene rings is 3. The van der Waals surface area contributed by atoms with Crippen LogP contribution in [0.5, 0.6) is 0 Å². The summed E-state index contributed by atoms with van der Waals surface area (Å²) in [6.45, 7) is 9.83. The summed E-state index contributed by atoms with van der Waals surface area (Å²) in [5, 5.41) is 14.0. The first-order chi connectivity index (χ1) is 29.4. The Kier molecular flexibility index (Phi) is 12.8. The van der Waals surface area contributed by atoms with Gasteiger partial charge in [-0.25, -0.2) is 27.2 Å². The number of aryl methyl sites for hydroxylation is 1. The number of pyridine rings is 1. The van der Waals surface area contributed by atoms with E-state index in [1.54, 1.807) is 30.5 Å². The van der Waals surface area contributed by atoms with Crippen LogP contribution in [-0.2, 0) is 26.2 Å². The Morgan fingerprint density at radius 2 is 1.73 bits per heavy atom. The van der Waals surface area contributed by atoms with Crippen molar-refractivity contribution in [3.05, 3.63) is 119 Å². The summed E-state index contributed by atoms with van der Waals surface area (Å²) in [6, 6.07) is 18.0. The van der Waals surface area contributed by atoms with Crippen LogP contribution in [0.25, 0.3) is 32.6 Å². The lowest BCUT2D eigenvalue weighted by Crippen LogP contribution is -2.50. The van der Waals surface area contributed by atoms with E-state index in [0.717, 1.165) is 44.9 Å². The minimum absolute atomic E-state index is 0.0485. The highest BCUT2D eigenvalue weighted by atomic mass is 32.2. The molecule has 17 heteroatoms. The predicted octanol–water partition coefficient (Wildman–Crippen LogP) is 6.50. The highest BCUT2D eigenvalue weighted by Gasteiger charge is 2.44. The summed E-state index contributed by atoms with van der Waals surface area (Å²) in [6.07, 6.45) is 2.47. The van der Waals surface area contributed by atoms with E-state index >= 15 is 8.78 Å². The summed E-state index contributed by atoms with van der Waals surface area (Å²) in [5.74, 6) is -4.83. The van der Waals surface area contributed by atoms with Crippen molar-refractivity contribution >= 4 is 68.4 Å². The number of hydrogen-bond acceptors (Lipinski definition) is 9. The van der Waals surface area contributed by atoms with Crippen LogP contribution in [0.4, 0.5) is 14.5 Å². The van der Waals surface area contributed by atoms with E-state index in [-0.39, 0.29) is 49.1 Å². The van der Waals surface area contributed by atoms with Gasteiger partial charge in [0.25, 0.3) is 0 Å². The number of nitrogens with zero attached hydrogens (tertiary/aromatic N) is 3. The van der Waals surface area contributed by atoms with Crippen LogP contribution < -0.4 is 15.5 Å². The fourth-order valence-electron chi connectivity index (χ4n) is 7.81. The molecular weight excluding hydrogens is 833 g/mol. The van der Waals surface area contributed by atoms with Gasteiger partial charge in [0.1, 0.15) is 17.5 Å². The molecule has 6 aromatic rings. The number of ketones is 1. The fourth-order valence-corrected chi connectivity index (χ4v) is 9.75. The molecule has 0 radical (unpaired) electrons. The van der Waals surface area contributed by atoms with Crippen molar-refractivity contribution in [2.45, 2.75) is 72.0 Å². The molecule has 322 valence electrons. The van der Waals surface area contributed by atoms with Crippen molar-refractivity contribution in [3.8, 4) is 21.6 Å². The van der Waals surface area contributed by atoms with Gasteiger partial charge in [0.2, 0.25) is 27.6 Å². The molecule has 0 bridgehead atoms. The zero-order valence-electron chi connectivity index (χ0n) is 35.0. The number of fused-ring (bicyclic) bond motifs is 1. The first-order valence-electron chi connectivity index (χ1n) is 20.3. The molecule has 0 spiro atoms. The average molecular weight is 881 g/mol. The maximum Gasteiger partial charge on any atom is 0.243 e. The van der Waals surface area contributed by atoms with Crippen LogP contribution in [0.1, 0.15) is 67.7 Å². The minimum Gasteiger partial charge on any atom is -0.391 e. The number of β-amino-alcohol motifs (C(OH)–C–C–N with tert-alkyl or cyclic N) is 1. The topological polar surface area (TPSA) is 174 Å². The van der Waals surface area contributed by atoms with E-state index in [4.69, 9.17) is 0 Å². The summed E-state index contributed by atoms with van der Waals surface area (Å²) < 4.78 is 57.4. The first-order valence-corrected chi connectivity index (χ1v) is 22.8. The van der Waals surface area contributed by atoms with Gasteiger partial charge in [-0.15, -0.1) is 11.3 Å². The Hall–Kier alpha value is -5.78. The Morgan fingerprint density at radius 3 is 2.39 bits per heavy atom. The van der Waals surface area contributed by atoms with Gasteiger partial charge in [-0.3, -0.25) is 19.1 Å². The second-order valence-electron chi connectivity index (χ2n) is 16.8. The van der Waals surface area contributed by atoms with Gasteiger partial charge in [0, 0.05) is 54.2 Å². The lowest BCUT2D eigenvalue weighted by atomic mass is 9.50. The van der Waals surface area contributed by atoms with Gasteiger partial charge in [-0.2, -0.15) is 0 Å². The van der Waals surface area contributed by atoms with E-state index in [9.17, 15) is 27.9 Å². The highest BCUT2D eigenvalue weighted by molar-refractivity contribution is 7.92. The molecule has 2 amide bonds. The number of aliphatic hydroxyl groups excluding tert-OH is 1. The average Bonchev–Trinajstić information content (AvgIpc) is 3.97. The third-order valence-corrected chi connectivity index (χ3v) is 13.7. The SMILES string of the molecule is CCCS(=O)(=O)Nc1ccc(F)c(C(=O)c2c[nH]c3ncc(-c4ccc(B[C@H](C(=O)N5C[C@H](O)C[C@H]5C(=O)NCc5ccc(-c6scnc6C)cc5)C(C)(C)C)cc4)cc23)c1F. The number of carbonyl (C=O) groups excluding carboxylic acids is 3. The summed E-state index contributed by atoms with van der Waals surface area (Å²) >= 11 is 1.57. The molecule has 1 fully saturated rings. The van der Waals surface area contributed by atoms with Crippen molar-refractivity contribution in [3.63, 3.8) is 0 Å². The zero-order chi connectivity index (χ0) is 44.5. The number of aliphatic hydroxyl groups is 1. The van der Waals surface area contributed by atoms with Crippen LogP contribution in [-0.4, -0.2) is 82.7 Å². The number of nitrogens with one attached hydrogen (secondary N) is 3. The number of likely N-dealkylation sites (tertiary alicyclic amines) is 1. The molecule has 1 aliphatic rings. The number of rotatable bonds is 14. The first kappa shape index (κ1) is 44.3. The second kappa shape index (κ2) is 17.9. The standard InChI is InChI=1S/C45H47BF2N6O6S2/c1-6-17-62(59,60)53-35-16-15-34(47)37(38(35)48)39(56)33-22-50-42-32(33)18-29(21-49-42)27-11-13-30(14-12-27)46-41(45(3,4)5)44(58)54-23-31(55)19-36(54)43(57)51-20-26-7-9-28(10-8-26)40-25(2)52-24-61-40/h7-16,18,21-22,24,31,36,41,46,53,55H,6,17,19-20,23H2,1-5H3,(H,49,50)(H,51,57)/t31-,36+,41-/m1/s1. The lowest BCUT2D eigenvalue weighted by Gasteiger charge is -2.35. The number of thiazole rings is 1. The smallest absolute Gasteiger partial charge is 0.243 e. The molecular formula is C45H47BF2N6O6S2. The lowest BCUT2D eigenvalue weighted by molar-refractivity contribution is -0.139. The van der Waals surface area contributed by atoms with Crippen molar-refractivity contribution in [1.29, 1.82) is 0 Å². The quantitative estimate of drug-likeness (QED) is 0.0709. The number of carbonyl (C=O) groups is 3. The van der Waals surface area contributed by atoms with E-state index in [1.165, 1.54) is 11.1 Å². The molecule has 62 heavy (non-hydrogen) atoms. The minimum atomic E-state index is -3.92. The number of amides is 2. The summed E-state index contributed by atoms with van der Waals surface area (Å²) in [4.78, 5) is 55.8. The Morgan fingerprint density at radius 1 is 1.02 bits per heavy atom. The molecule has 1 saturated heterocycles. The van der Waals surface area contributed by atoms with Crippen LogP contribution in [0.15, 0.2) is 84.6 Å². The number of anilines is 1. The largest absolute Gasteiger partial charge is 0.391 e. The van der Waals surface area contributed by atoms with Crippen LogP contribution in [0.2, 0.25) is 5.82 Å². The maximum absolute atomic E-state index is 15.6. The van der Waals surface area contributed by atoms with Gasteiger partial charge in [0.05, 0.1) is 39.2 Å². The number of halogens is 2. The molecule has 12 nitrogen and oxygen atoms in total. The van der Waals surface area contributed by atoms with Crippen molar-refractivity contribution < 1.29 is 36.7 Å². The van der Waals surface area contributed by atoms with Crippen LogP contribution in [0.3, 0.4) is 0 Å². The fraction of sp³-hybridized carbons (Fsp3) is 0.311. The number of H-pyrrole nitrogens is 1. The molecule has 0 aliphatic carbocycles. The molecule has 7 rings (SSSR count). The maximum atomic E-state index is 15.6. The van der Waals surface area contributed by atoms with Crippen molar-refractivity contribution in [2.75, 3.05) is 17.0 Å². The molecule has 1 aliphatic heterocycles. The third kappa shape index (κ3) is 9.49. The van der Waals surface area contributed by atoms with Crippen molar-refractivity contribution in [2.24, 2.45) is 5.41 Å². The summed E-state index contributed by atoms with van der Waals surface area (Å²) in [7, 11) is -3.57. The van der Waals surface area contributed by atoms with Crippen LogP contribution >= 0.6 is 11.3 Å². The highest BCUT2D eigenvalue weighted by Crippen LogP contribution is 2.36. The number of sulfonamides is 1. The molecule has 3 aromatic carbocycles. The Balaban J connectivity index is 1.05. The van der Waals surface area contributed by atoms with E-state index in [1.807, 2.05) is 81.7 Å². The van der Waals surface area contributed by atoms with Crippen LogP contribution in [0, 0.1) is 24.0 Å². The molecule has 3 atom stereocenters. The van der Waals surface area contributed by atoms with Crippen molar-refractivity contribution in [1.82, 2.24) is 25.2 Å². The Bertz CT molecular complexity index is 2750. The van der Waals surface area contributed by atoms with Gasteiger partial charge in [-0.05, 0) is 53.6 Å². The van der Waals surface area contributed by atoms with E-state index in [0.29, 0.717) is 23.9 Å². The molecule has 4 N–H and O–H groups in total. The Labute approximate surface area is 363 Å². The predicted molar refractivity (Wildman–Crippen MR) is 239 cm³/mol. The summed E-state index contributed by atoms with van der Waals surface area (Å²) in [5.41, 5.74) is 5.20. The van der Waals surface area contributed by atoms with Gasteiger partial charge >= 0.3 is 0 Å². The molecule has 4 heterocycles. The molecule has 0 saturated carbocycles. The molecule has 0 unspecified atom stereocenters. The van der Waals surface area contributed by atoms with E-state index in [2.05, 4.69) is 25.0 Å².